The predicted octanol–water partition coefficient (Wildman–Crippen LogP) is 0.872. The summed E-state index contributed by atoms with van der Waals surface area (Å²) in [5.74, 6) is 0. The first-order valence-electron chi connectivity index (χ1n) is 4.85. The van der Waals surface area contributed by atoms with E-state index >= 15 is 0 Å². The number of rotatable bonds is 5. The highest BCUT2D eigenvalue weighted by molar-refractivity contribution is 5.08. The molecule has 16 heavy (non-hydrogen) atoms. The maximum atomic E-state index is 12.3. The zero-order chi connectivity index (χ0) is 12.2. The number of alkyl halides is 3. The zero-order valence-corrected chi connectivity index (χ0v) is 8.83. The molecule has 0 aliphatic heterocycles. The van der Waals surface area contributed by atoms with Crippen LogP contribution in [0.4, 0.5) is 13.2 Å². The molecule has 0 spiro atoms. The predicted molar refractivity (Wildman–Crippen MR) is 51.8 cm³/mol. The van der Waals surface area contributed by atoms with Crippen molar-refractivity contribution in [1.29, 1.82) is 0 Å². The highest BCUT2D eigenvalue weighted by atomic mass is 19.4. The third kappa shape index (κ3) is 3.49. The fourth-order valence-corrected chi connectivity index (χ4v) is 1.32. The molecule has 92 valence electrons. The van der Waals surface area contributed by atoms with Crippen molar-refractivity contribution in [3.8, 4) is 0 Å². The SMILES string of the molecule is CNC(CCO)Cn1cc(C(F)(F)F)cn1. The Kier molecular flexibility index (Phi) is 4.31. The molecule has 1 atom stereocenters. The molecule has 0 aliphatic rings. The molecule has 1 aromatic heterocycles. The number of aliphatic hydroxyl groups is 1. The number of nitrogens with one attached hydrogen (secondary N) is 1. The smallest absolute Gasteiger partial charge is 0.396 e. The van der Waals surface area contributed by atoms with Crippen molar-refractivity contribution in [3.05, 3.63) is 18.0 Å². The number of hydrogen-bond donors (Lipinski definition) is 2. The number of aliphatic hydroxyl groups excluding tert-OH is 1. The first kappa shape index (κ1) is 13.0. The monoisotopic (exact) mass is 237 g/mol. The van der Waals surface area contributed by atoms with Crippen LogP contribution in [0.3, 0.4) is 0 Å². The molecular weight excluding hydrogens is 223 g/mol. The number of halogens is 3. The third-order valence-corrected chi connectivity index (χ3v) is 2.25. The first-order chi connectivity index (χ1) is 7.47. The molecule has 1 heterocycles. The minimum absolute atomic E-state index is 0.0150. The van der Waals surface area contributed by atoms with Crippen molar-refractivity contribution in [2.45, 2.75) is 25.2 Å². The van der Waals surface area contributed by atoms with Gasteiger partial charge < -0.3 is 10.4 Å². The summed E-state index contributed by atoms with van der Waals surface area (Å²) in [7, 11) is 1.69. The Hall–Kier alpha value is -1.08. The minimum atomic E-state index is -4.36. The van der Waals surface area contributed by atoms with Crippen LogP contribution >= 0.6 is 0 Å². The molecule has 0 amide bonds. The summed E-state index contributed by atoms with van der Waals surface area (Å²) in [4.78, 5) is 0. The van der Waals surface area contributed by atoms with Gasteiger partial charge in [0.05, 0.1) is 18.3 Å². The molecule has 4 nitrogen and oxygen atoms in total. The molecule has 2 N–H and O–H groups in total. The Bertz CT molecular complexity index is 324. The molecular formula is C9H14F3N3O. The average Bonchev–Trinajstić information content (AvgIpc) is 2.65. The minimum Gasteiger partial charge on any atom is -0.396 e. The van der Waals surface area contributed by atoms with Gasteiger partial charge in [-0.25, -0.2) is 0 Å². The lowest BCUT2D eigenvalue weighted by Gasteiger charge is -2.14. The van der Waals surface area contributed by atoms with Crippen LogP contribution in [0.15, 0.2) is 12.4 Å². The largest absolute Gasteiger partial charge is 0.419 e. The Balaban J connectivity index is 2.64. The second-order valence-corrected chi connectivity index (χ2v) is 3.45. The lowest BCUT2D eigenvalue weighted by molar-refractivity contribution is -0.137. The van der Waals surface area contributed by atoms with E-state index in [0.29, 0.717) is 13.0 Å². The van der Waals surface area contributed by atoms with E-state index in [2.05, 4.69) is 10.4 Å². The van der Waals surface area contributed by atoms with Gasteiger partial charge in [-0.15, -0.1) is 0 Å². The molecule has 0 bridgehead atoms. The molecule has 0 radical (unpaired) electrons. The van der Waals surface area contributed by atoms with Crippen LogP contribution < -0.4 is 5.32 Å². The molecule has 0 fully saturated rings. The highest BCUT2D eigenvalue weighted by Gasteiger charge is 2.32. The van der Waals surface area contributed by atoms with Gasteiger partial charge in [0, 0.05) is 18.8 Å². The van der Waals surface area contributed by atoms with Crippen LogP contribution in [0, 0.1) is 0 Å². The molecule has 0 saturated heterocycles. The van der Waals surface area contributed by atoms with E-state index in [9.17, 15) is 13.2 Å². The van der Waals surface area contributed by atoms with Crippen LogP contribution in [-0.2, 0) is 12.7 Å². The molecule has 0 aliphatic carbocycles. The Morgan fingerprint density at radius 1 is 1.56 bits per heavy atom. The fraction of sp³-hybridized carbons (Fsp3) is 0.667. The summed E-state index contributed by atoms with van der Waals surface area (Å²) < 4.78 is 38.0. The van der Waals surface area contributed by atoms with Crippen molar-refractivity contribution in [1.82, 2.24) is 15.1 Å². The van der Waals surface area contributed by atoms with Crippen LogP contribution in [0.2, 0.25) is 0 Å². The van der Waals surface area contributed by atoms with Crippen LogP contribution in [0.1, 0.15) is 12.0 Å². The first-order valence-corrected chi connectivity index (χ1v) is 4.85. The standard InChI is InChI=1S/C9H14F3N3O/c1-13-8(2-3-16)6-15-5-7(4-14-15)9(10,11)12/h4-5,8,13,16H,2-3,6H2,1H3. The lowest BCUT2D eigenvalue weighted by atomic mass is 10.2. The highest BCUT2D eigenvalue weighted by Crippen LogP contribution is 2.28. The second-order valence-electron chi connectivity index (χ2n) is 3.45. The summed E-state index contributed by atoms with van der Waals surface area (Å²) in [5.41, 5.74) is -0.758. The molecule has 1 unspecified atom stereocenters. The Morgan fingerprint density at radius 2 is 2.25 bits per heavy atom. The molecule has 7 heteroatoms. The second kappa shape index (κ2) is 5.31. The Labute approximate surface area is 91.1 Å². The summed E-state index contributed by atoms with van der Waals surface area (Å²) in [6, 6.07) is -0.0917. The number of nitrogens with zero attached hydrogens (tertiary/aromatic N) is 2. The maximum Gasteiger partial charge on any atom is 0.419 e. The number of hydrogen-bond acceptors (Lipinski definition) is 3. The van der Waals surface area contributed by atoms with E-state index in [1.165, 1.54) is 4.68 Å². The molecule has 1 rings (SSSR count). The van der Waals surface area contributed by atoms with Gasteiger partial charge in [-0.3, -0.25) is 4.68 Å². The van der Waals surface area contributed by atoms with Gasteiger partial charge in [0.15, 0.2) is 0 Å². The van der Waals surface area contributed by atoms with Crippen molar-refractivity contribution >= 4 is 0 Å². The van der Waals surface area contributed by atoms with E-state index in [-0.39, 0.29) is 12.6 Å². The molecule has 0 saturated carbocycles. The molecule has 1 aromatic rings. The van der Waals surface area contributed by atoms with Gasteiger partial charge in [0.2, 0.25) is 0 Å². The summed E-state index contributed by atoms with van der Waals surface area (Å²) in [6.07, 6.45) is -2.13. The average molecular weight is 237 g/mol. The summed E-state index contributed by atoms with van der Waals surface area (Å²) in [5, 5.41) is 15.3. The quantitative estimate of drug-likeness (QED) is 0.799. The van der Waals surface area contributed by atoms with E-state index in [0.717, 1.165) is 12.4 Å². The van der Waals surface area contributed by atoms with Gasteiger partial charge in [-0.2, -0.15) is 18.3 Å². The van der Waals surface area contributed by atoms with E-state index in [1.54, 1.807) is 7.05 Å². The van der Waals surface area contributed by atoms with Gasteiger partial charge in [-0.1, -0.05) is 0 Å². The van der Waals surface area contributed by atoms with E-state index in [1.807, 2.05) is 0 Å². The molecule has 0 aromatic carbocycles. The normalized spacial score (nSPS) is 14.1. The lowest BCUT2D eigenvalue weighted by Crippen LogP contribution is -2.31. The van der Waals surface area contributed by atoms with Crippen LogP contribution in [-0.4, -0.2) is 34.6 Å². The topological polar surface area (TPSA) is 50.1 Å². The summed E-state index contributed by atoms with van der Waals surface area (Å²) in [6.45, 7) is 0.284. The Morgan fingerprint density at radius 3 is 2.69 bits per heavy atom. The van der Waals surface area contributed by atoms with Gasteiger partial charge >= 0.3 is 6.18 Å². The van der Waals surface area contributed by atoms with E-state index < -0.39 is 11.7 Å². The van der Waals surface area contributed by atoms with E-state index in [4.69, 9.17) is 5.11 Å². The maximum absolute atomic E-state index is 12.3. The number of aromatic nitrogens is 2. The van der Waals surface area contributed by atoms with Gasteiger partial charge in [0.25, 0.3) is 0 Å². The van der Waals surface area contributed by atoms with Crippen molar-refractivity contribution < 1.29 is 18.3 Å². The third-order valence-electron chi connectivity index (χ3n) is 2.25. The van der Waals surface area contributed by atoms with Crippen LogP contribution in [0.5, 0.6) is 0 Å². The van der Waals surface area contributed by atoms with Crippen LogP contribution in [0.25, 0.3) is 0 Å². The van der Waals surface area contributed by atoms with Crippen molar-refractivity contribution in [2.75, 3.05) is 13.7 Å². The van der Waals surface area contributed by atoms with Gasteiger partial charge in [-0.05, 0) is 13.5 Å². The van der Waals surface area contributed by atoms with Crippen molar-refractivity contribution in [2.24, 2.45) is 0 Å². The fourth-order valence-electron chi connectivity index (χ4n) is 1.32. The summed E-state index contributed by atoms with van der Waals surface area (Å²) >= 11 is 0. The van der Waals surface area contributed by atoms with Gasteiger partial charge in [0.1, 0.15) is 0 Å². The number of likely N-dealkylation sites (N-methyl/N-ethyl adjacent to an activating group) is 1. The van der Waals surface area contributed by atoms with Crippen molar-refractivity contribution in [3.63, 3.8) is 0 Å². The zero-order valence-electron chi connectivity index (χ0n) is 8.83.